The molecule has 0 aliphatic heterocycles. The first-order chi connectivity index (χ1) is 30.3. The summed E-state index contributed by atoms with van der Waals surface area (Å²) < 4.78 is 6.59. The van der Waals surface area contributed by atoms with Crippen LogP contribution < -0.4 is 9.80 Å². The van der Waals surface area contributed by atoms with E-state index in [-0.39, 0.29) is 0 Å². The molecule has 0 bridgehead atoms. The molecule has 0 aliphatic rings. The first-order valence-corrected chi connectivity index (χ1v) is 20.8. The molecule has 0 N–H and O–H groups in total. The third kappa shape index (κ3) is 5.82. The lowest BCUT2D eigenvalue weighted by Crippen LogP contribution is -2.10. The van der Waals surface area contributed by atoms with E-state index < -0.39 is 0 Å². The third-order valence-corrected chi connectivity index (χ3v) is 12.2. The van der Waals surface area contributed by atoms with Gasteiger partial charge in [-0.3, -0.25) is 0 Å². The quantitative estimate of drug-likeness (QED) is 0.150. The molecule has 0 saturated carbocycles. The maximum atomic E-state index is 6.59. The highest BCUT2D eigenvalue weighted by atomic mass is 16.3. The van der Waals surface area contributed by atoms with E-state index >= 15 is 0 Å². The lowest BCUT2D eigenvalue weighted by Gasteiger charge is -2.27. The Kier molecular flexibility index (Phi) is 8.17. The Hall–Kier alpha value is -8.14. The normalized spacial score (nSPS) is 11.6. The molecule has 0 radical (unpaired) electrons. The number of anilines is 6. The van der Waals surface area contributed by atoms with Gasteiger partial charge in [0.25, 0.3) is 0 Å². The summed E-state index contributed by atoms with van der Waals surface area (Å²) in [5.41, 5.74) is 10.6. The number of fused-ring (bicyclic) bond motifs is 11. The van der Waals surface area contributed by atoms with Crippen molar-refractivity contribution in [3.63, 3.8) is 0 Å². The summed E-state index contributed by atoms with van der Waals surface area (Å²) >= 11 is 0. The number of hydrogen-bond acceptors (Lipinski definition) is 3. The Bertz CT molecular complexity index is 3560. The van der Waals surface area contributed by atoms with E-state index in [9.17, 15) is 0 Å². The number of para-hydroxylation sites is 4. The van der Waals surface area contributed by atoms with Crippen LogP contribution in [0, 0.1) is 0 Å². The fourth-order valence-electron chi connectivity index (χ4n) is 9.41. The fraction of sp³-hybridized carbons (Fsp3) is 0. The van der Waals surface area contributed by atoms with Gasteiger partial charge in [0.2, 0.25) is 0 Å². The summed E-state index contributed by atoms with van der Waals surface area (Å²) in [5.74, 6) is 0. The zero-order valence-electron chi connectivity index (χ0n) is 33.2. The molecule has 12 aromatic rings. The molecule has 12 rings (SSSR count). The van der Waals surface area contributed by atoms with E-state index in [1.807, 2.05) is 12.1 Å². The van der Waals surface area contributed by atoms with Gasteiger partial charge in [-0.15, -0.1) is 0 Å². The van der Waals surface area contributed by atoms with Gasteiger partial charge in [0, 0.05) is 39.2 Å². The lowest BCUT2D eigenvalue weighted by molar-refractivity contribution is 0.669. The summed E-state index contributed by atoms with van der Waals surface area (Å²) in [4.78, 5) is 4.68. The topological polar surface area (TPSA) is 19.6 Å². The van der Waals surface area contributed by atoms with Gasteiger partial charge in [-0.1, -0.05) is 158 Å². The Morgan fingerprint density at radius 1 is 0.279 bits per heavy atom. The smallest absolute Gasteiger partial charge is 0.159 e. The van der Waals surface area contributed by atoms with E-state index in [1.165, 1.54) is 54.2 Å². The largest absolute Gasteiger partial charge is 0.454 e. The number of rotatable bonds is 7. The van der Waals surface area contributed by atoms with Crippen molar-refractivity contribution in [3.8, 4) is 11.1 Å². The lowest BCUT2D eigenvalue weighted by atomic mass is 9.90. The molecule has 1 aromatic heterocycles. The number of benzene rings is 11. The summed E-state index contributed by atoms with van der Waals surface area (Å²) in [6.07, 6.45) is 0. The van der Waals surface area contributed by atoms with Gasteiger partial charge in [0.05, 0.1) is 5.69 Å². The molecular weight excluding hydrogens is 741 g/mol. The molecule has 0 fully saturated rings. The standard InChI is InChI=1S/C58H38N2O/c1-4-15-39(16-5-1)40-27-30-44(31-28-40)59(42-17-6-2-7-18-42)46-33-36-49-52-34-29-41-37-45(32-35-47(41)57(52)51-23-11-10-21-48(51)54(49)38-46)60(43-19-8-3-9-20-43)55-25-14-24-53-50-22-12-13-26-56(50)61-58(53)55/h1-38H. The van der Waals surface area contributed by atoms with Crippen molar-refractivity contribution >= 4 is 99.2 Å². The van der Waals surface area contributed by atoms with Gasteiger partial charge in [0.1, 0.15) is 5.58 Å². The van der Waals surface area contributed by atoms with Crippen molar-refractivity contribution in [1.82, 2.24) is 0 Å². The van der Waals surface area contributed by atoms with Crippen molar-refractivity contribution in [2.75, 3.05) is 9.80 Å². The number of hydrogen-bond donors (Lipinski definition) is 0. The Morgan fingerprint density at radius 3 is 1.54 bits per heavy atom. The minimum Gasteiger partial charge on any atom is -0.454 e. The molecule has 0 atom stereocenters. The number of furan rings is 1. The van der Waals surface area contributed by atoms with Gasteiger partial charge in [0.15, 0.2) is 5.58 Å². The van der Waals surface area contributed by atoms with Gasteiger partial charge in [-0.2, -0.15) is 0 Å². The monoisotopic (exact) mass is 778 g/mol. The summed E-state index contributed by atoms with van der Waals surface area (Å²) in [6, 6.07) is 82.8. The highest BCUT2D eigenvalue weighted by Crippen LogP contribution is 2.46. The SMILES string of the molecule is c1ccc(-c2ccc(N(c3ccccc3)c3ccc4c(c3)c3ccccc3c3c5ccc(N(c6ccccc6)c6cccc7c6oc6ccccc67)cc5ccc43)cc2)cc1. The second-order valence-corrected chi connectivity index (χ2v) is 15.7. The molecule has 3 heteroatoms. The van der Waals surface area contributed by atoms with Gasteiger partial charge in [-0.25, -0.2) is 0 Å². The molecule has 61 heavy (non-hydrogen) atoms. The van der Waals surface area contributed by atoms with Crippen LogP contribution >= 0.6 is 0 Å². The Labute approximate surface area is 353 Å². The summed E-state index contributed by atoms with van der Waals surface area (Å²) in [6.45, 7) is 0. The summed E-state index contributed by atoms with van der Waals surface area (Å²) in [7, 11) is 0. The van der Waals surface area contributed by atoms with Gasteiger partial charge >= 0.3 is 0 Å². The molecule has 0 saturated heterocycles. The number of nitrogens with zero attached hydrogens (tertiary/aromatic N) is 2. The van der Waals surface area contributed by atoms with Crippen LogP contribution in [0.5, 0.6) is 0 Å². The zero-order chi connectivity index (χ0) is 40.3. The first kappa shape index (κ1) is 34.9. The highest BCUT2D eigenvalue weighted by molar-refractivity contribution is 6.32. The maximum absolute atomic E-state index is 6.59. The molecule has 0 amide bonds. The Balaban J connectivity index is 1.02. The van der Waals surface area contributed by atoms with Crippen molar-refractivity contribution < 1.29 is 4.42 Å². The molecule has 1 heterocycles. The molecule has 0 aliphatic carbocycles. The van der Waals surface area contributed by atoms with Crippen LogP contribution in [0.15, 0.2) is 235 Å². The molecule has 0 unspecified atom stereocenters. The molecule has 3 nitrogen and oxygen atoms in total. The maximum Gasteiger partial charge on any atom is 0.159 e. The fourth-order valence-corrected chi connectivity index (χ4v) is 9.41. The van der Waals surface area contributed by atoms with Crippen LogP contribution in [0.1, 0.15) is 0 Å². The average Bonchev–Trinajstić information content (AvgIpc) is 3.72. The van der Waals surface area contributed by atoms with E-state index in [4.69, 9.17) is 4.42 Å². The first-order valence-electron chi connectivity index (χ1n) is 20.8. The van der Waals surface area contributed by atoms with E-state index in [0.717, 1.165) is 56.1 Å². The highest BCUT2D eigenvalue weighted by Gasteiger charge is 2.21. The molecular formula is C58H38N2O. The van der Waals surface area contributed by atoms with Gasteiger partial charge in [-0.05, 0) is 127 Å². The summed E-state index contributed by atoms with van der Waals surface area (Å²) in [5, 5.41) is 12.1. The second kappa shape index (κ2) is 14.3. The molecule has 11 aromatic carbocycles. The predicted octanol–water partition coefficient (Wildman–Crippen LogP) is 16.8. The van der Waals surface area contributed by atoms with Crippen LogP contribution in [0.25, 0.3) is 76.2 Å². The van der Waals surface area contributed by atoms with Crippen molar-refractivity contribution in [2.45, 2.75) is 0 Å². The van der Waals surface area contributed by atoms with E-state index in [0.29, 0.717) is 0 Å². The minimum absolute atomic E-state index is 0.873. The van der Waals surface area contributed by atoms with Crippen LogP contribution in [-0.2, 0) is 0 Å². The van der Waals surface area contributed by atoms with E-state index in [1.54, 1.807) is 0 Å². The minimum atomic E-state index is 0.873. The predicted molar refractivity (Wildman–Crippen MR) is 259 cm³/mol. The van der Waals surface area contributed by atoms with Crippen molar-refractivity contribution in [1.29, 1.82) is 0 Å². The Morgan fingerprint density at radius 2 is 0.787 bits per heavy atom. The van der Waals surface area contributed by atoms with Gasteiger partial charge < -0.3 is 14.2 Å². The zero-order valence-corrected chi connectivity index (χ0v) is 33.2. The van der Waals surface area contributed by atoms with Crippen LogP contribution in [0.3, 0.4) is 0 Å². The van der Waals surface area contributed by atoms with Crippen LogP contribution in [0.4, 0.5) is 34.1 Å². The second-order valence-electron chi connectivity index (χ2n) is 15.7. The van der Waals surface area contributed by atoms with Crippen LogP contribution in [-0.4, -0.2) is 0 Å². The average molecular weight is 779 g/mol. The van der Waals surface area contributed by atoms with Crippen LogP contribution in [0.2, 0.25) is 0 Å². The van der Waals surface area contributed by atoms with E-state index in [2.05, 4.69) is 228 Å². The van der Waals surface area contributed by atoms with Crippen molar-refractivity contribution in [2.24, 2.45) is 0 Å². The third-order valence-electron chi connectivity index (χ3n) is 12.2. The molecule has 286 valence electrons. The molecule has 0 spiro atoms. The van der Waals surface area contributed by atoms with Crippen molar-refractivity contribution in [3.05, 3.63) is 231 Å².